The third kappa shape index (κ3) is 3.61. The Labute approximate surface area is 113 Å². The lowest BCUT2D eigenvalue weighted by molar-refractivity contribution is -0.136. The van der Waals surface area contributed by atoms with Crippen LogP contribution in [0.15, 0.2) is 24.3 Å². The van der Waals surface area contributed by atoms with Gasteiger partial charge < -0.3 is 19.6 Å². The van der Waals surface area contributed by atoms with Crippen LogP contribution in [0.4, 0.5) is 5.69 Å². The summed E-state index contributed by atoms with van der Waals surface area (Å²) >= 11 is 0. The molecule has 0 aliphatic carbocycles. The Kier molecular flexibility index (Phi) is 4.63. The average molecular weight is 264 g/mol. The topological polar surface area (TPSA) is 53.0 Å². The van der Waals surface area contributed by atoms with Gasteiger partial charge in [-0.25, -0.2) is 0 Å². The minimum atomic E-state index is 0.0622. The molecule has 0 unspecified atom stereocenters. The molecule has 0 atom stereocenters. The fourth-order valence-electron chi connectivity index (χ4n) is 2.16. The number of aromatic hydroxyl groups is 1. The predicted octanol–water partition coefficient (Wildman–Crippen LogP) is 1.08. The molecule has 1 saturated heterocycles. The lowest BCUT2D eigenvalue weighted by Crippen LogP contribution is -2.49. The molecule has 1 amide bonds. The molecule has 19 heavy (non-hydrogen) atoms. The molecule has 1 fully saturated rings. The molecule has 0 aromatic heterocycles. The van der Waals surface area contributed by atoms with Gasteiger partial charge in [0.1, 0.15) is 12.4 Å². The number of benzene rings is 1. The highest BCUT2D eigenvalue weighted by atomic mass is 16.5. The van der Waals surface area contributed by atoms with Crippen molar-refractivity contribution in [1.82, 2.24) is 4.90 Å². The molecule has 1 aliphatic rings. The number of carbonyl (C=O) groups is 1. The zero-order valence-corrected chi connectivity index (χ0v) is 11.2. The van der Waals surface area contributed by atoms with E-state index in [0.29, 0.717) is 19.7 Å². The first kappa shape index (κ1) is 13.7. The Morgan fingerprint density at radius 1 is 1.21 bits per heavy atom. The highest BCUT2D eigenvalue weighted by Gasteiger charge is 2.20. The summed E-state index contributed by atoms with van der Waals surface area (Å²) in [4.78, 5) is 15.8. The predicted molar refractivity (Wildman–Crippen MR) is 73.4 cm³/mol. The highest BCUT2D eigenvalue weighted by molar-refractivity contribution is 5.77. The van der Waals surface area contributed by atoms with E-state index in [-0.39, 0.29) is 18.3 Å². The first-order valence-corrected chi connectivity index (χ1v) is 6.60. The molecule has 0 bridgehead atoms. The number of rotatable bonds is 4. The third-order valence-corrected chi connectivity index (χ3v) is 3.28. The minimum Gasteiger partial charge on any atom is -0.508 e. The molecule has 0 radical (unpaired) electrons. The molecule has 5 nitrogen and oxygen atoms in total. The summed E-state index contributed by atoms with van der Waals surface area (Å²) in [7, 11) is 0. The Morgan fingerprint density at radius 2 is 1.84 bits per heavy atom. The van der Waals surface area contributed by atoms with E-state index in [1.54, 1.807) is 12.1 Å². The Bertz CT molecular complexity index is 411. The van der Waals surface area contributed by atoms with Crippen LogP contribution in [0.5, 0.6) is 5.75 Å². The second kappa shape index (κ2) is 6.43. The summed E-state index contributed by atoms with van der Waals surface area (Å²) in [6.07, 6.45) is 0. The monoisotopic (exact) mass is 264 g/mol. The van der Waals surface area contributed by atoms with Crippen molar-refractivity contribution in [3.63, 3.8) is 0 Å². The van der Waals surface area contributed by atoms with Gasteiger partial charge in [0, 0.05) is 38.5 Å². The van der Waals surface area contributed by atoms with Gasteiger partial charge in [-0.15, -0.1) is 0 Å². The van der Waals surface area contributed by atoms with Gasteiger partial charge in [0.25, 0.3) is 0 Å². The Balaban J connectivity index is 1.85. The van der Waals surface area contributed by atoms with E-state index in [2.05, 4.69) is 4.90 Å². The largest absolute Gasteiger partial charge is 0.508 e. The number of carbonyl (C=O) groups excluding carboxylic acids is 1. The number of hydrogen-bond donors (Lipinski definition) is 1. The number of phenols is 1. The first-order chi connectivity index (χ1) is 9.20. The van der Waals surface area contributed by atoms with Gasteiger partial charge in [-0.3, -0.25) is 4.79 Å². The molecular formula is C14H20N2O3. The van der Waals surface area contributed by atoms with E-state index in [9.17, 15) is 9.90 Å². The van der Waals surface area contributed by atoms with Crippen molar-refractivity contribution in [2.45, 2.75) is 6.92 Å². The van der Waals surface area contributed by atoms with E-state index in [1.807, 2.05) is 24.0 Å². The fraction of sp³-hybridized carbons (Fsp3) is 0.500. The molecular weight excluding hydrogens is 244 g/mol. The zero-order valence-electron chi connectivity index (χ0n) is 11.2. The fourth-order valence-corrected chi connectivity index (χ4v) is 2.16. The van der Waals surface area contributed by atoms with Gasteiger partial charge in [-0.2, -0.15) is 0 Å². The molecule has 0 spiro atoms. The molecule has 1 aliphatic heterocycles. The summed E-state index contributed by atoms with van der Waals surface area (Å²) in [6.45, 7) is 5.68. The Morgan fingerprint density at radius 3 is 2.42 bits per heavy atom. The zero-order chi connectivity index (χ0) is 13.7. The summed E-state index contributed by atoms with van der Waals surface area (Å²) in [5.74, 6) is 0.335. The first-order valence-electron chi connectivity index (χ1n) is 6.60. The summed E-state index contributed by atoms with van der Waals surface area (Å²) in [6, 6.07) is 7.16. The molecule has 1 heterocycles. The number of anilines is 1. The summed E-state index contributed by atoms with van der Waals surface area (Å²) in [5, 5.41) is 9.27. The van der Waals surface area contributed by atoms with Crippen molar-refractivity contribution >= 4 is 11.6 Å². The summed E-state index contributed by atoms with van der Waals surface area (Å²) < 4.78 is 5.14. The van der Waals surface area contributed by atoms with Gasteiger partial charge in [0.15, 0.2) is 0 Å². The van der Waals surface area contributed by atoms with Gasteiger partial charge in [-0.05, 0) is 31.2 Å². The van der Waals surface area contributed by atoms with Crippen LogP contribution < -0.4 is 4.90 Å². The van der Waals surface area contributed by atoms with Crippen LogP contribution in [0.25, 0.3) is 0 Å². The van der Waals surface area contributed by atoms with Crippen molar-refractivity contribution in [3.8, 4) is 5.75 Å². The van der Waals surface area contributed by atoms with Crippen LogP contribution in [0, 0.1) is 0 Å². The third-order valence-electron chi connectivity index (χ3n) is 3.28. The molecule has 1 N–H and O–H groups in total. The molecule has 104 valence electrons. The molecule has 1 aromatic rings. The van der Waals surface area contributed by atoms with Gasteiger partial charge in [0.05, 0.1) is 0 Å². The van der Waals surface area contributed by atoms with E-state index in [4.69, 9.17) is 4.74 Å². The Hall–Kier alpha value is -1.75. The molecule has 1 aromatic carbocycles. The number of piperazine rings is 1. The van der Waals surface area contributed by atoms with Crippen LogP contribution in [0.1, 0.15) is 6.92 Å². The van der Waals surface area contributed by atoms with Gasteiger partial charge in [-0.1, -0.05) is 0 Å². The highest BCUT2D eigenvalue weighted by Crippen LogP contribution is 2.19. The maximum atomic E-state index is 11.8. The lowest BCUT2D eigenvalue weighted by atomic mass is 10.2. The maximum absolute atomic E-state index is 11.8. The number of nitrogens with zero attached hydrogens (tertiary/aromatic N) is 2. The second-order valence-electron chi connectivity index (χ2n) is 4.52. The SMILES string of the molecule is CCOCC(=O)N1CCN(c2ccc(O)cc2)CC1. The van der Waals surface area contributed by atoms with Crippen molar-refractivity contribution in [2.24, 2.45) is 0 Å². The van der Waals surface area contributed by atoms with E-state index < -0.39 is 0 Å². The molecule has 5 heteroatoms. The van der Waals surface area contributed by atoms with Crippen LogP contribution in [0.2, 0.25) is 0 Å². The van der Waals surface area contributed by atoms with Crippen molar-refractivity contribution in [1.29, 1.82) is 0 Å². The van der Waals surface area contributed by atoms with E-state index in [0.717, 1.165) is 18.8 Å². The smallest absolute Gasteiger partial charge is 0.248 e. The molecule has 0 saturated carbocycles. The number of ether oxygens (including phenoxy) is 1. The van der Waals surface area contributed by atoms with Crippen molar-refractivity contribution in [3.05, 3.63) is 24.3 Å². The number of hydrogen-bond acceptors (Lipinski definition) is 4. The van der Waals surface area contributed by atoms with Crippen LogP contribution in [-0.2, 0) is 9.53 Å². The van der Waals surface area contributed by atoms with Crippen LogP contribution in [0.3, 0.4) is 0 Å². The lowest BCUT2D eigenvalue weighted by Gasteiger charge is -2.36. The van der Waals surface area contributed by atoms with E-state index >= 15 is 0 Å². The van der Waals surface area contributed by atoms with Gasteiger partial charge in [0.2, 0.25) is 5.91 Å². The summed E-state index contributed by atoms with van der Waals surface area (Å²) in [5.41, 5.74) is 1.08. The van der Waals surface area contributed by atoms with Crippen molar-refractivity contribution in [2.75, 3.05) is 44.3 Å². The average Bonchev–Trinajstić information content (AvgIpc) is 2.46. The van der Waals surface area contributed by atoms with Crippen LogP contribution in [-0.4, -0.2) is 55.3 Å². The normalized spacial score (nSPS) is 15.6. The second-order valence-corrected chi connectivity index (χ2v) is 4.52. The van der Waals surface area contributed by atoms with E-state index in [1.165, 1.54) is 0 Å². The quantitative estimate of drug-likeness (QED) is 0.884. The standard InChI is InChI=1S/C14H20N2O3/c1-2-19-11-14(18)16-9-7-15(8-10-16)12-3-5-13(17)6-4-12/h3-6,17H,2,7-11H2,1H3. The van der Waals surface area contributed by atoms with Crippen molar-refractivity contribution < 1.29 is 14.6 Å². The minimum absolute atomic E-state index is 0.0622. The number of phenolic OH excluding ortho intramolecular Hbond substituents is 1. The molecule has 2 rings (SSSR count). The maximum Gasteiger partial charge on any atom is 0.248 e. The van der Waals surface area contributed by atoms with Gasteiger partial charge >= 0.3 is 0 Å². The number of amides is 1. The van der Waals surface area contributed by atoms with Crippen LogP contribution >= 0.6 is 0 Å².